The Kier molecular flexibility index (Phi) is 6.15. The number of halogens is 1. The van der Waals surface area contributed by atoms with Crippen LogP contribution in [-0.2, 0) is 17.1 Å². The molecule has 7 nitrogen and oxygen atoms in total. The van der Waals surface area contributed by atoms with Gasteiger partial charge in [-0.05, 0) is 29.3 Å². The van der Waals surface area contributed by atoms with Crippen LogP contribution in [0.3, 0.4) is 0 Å². The predicted molar refractivity (Wildman–Crippen MR) is 82.4 cm³/mol. The van der Waals surface area contributed by atoms with E-state index in [2.05, 4.69) is 26.3 Å². The molecule has 0 saturated carbocycles. The van der Waals surface area contributed by atoms with Crippen LogP contribution in [0.25, 0.3) is 0 Å². The van der Waals surface area contributed by atoms with Gasteiger partial charge in [-0.1, -0.05) is 0 Å². The third-order valence-electron chi connectivity index (χ3n) is 2.88. The molecule has 0 unspecified atom stereocenters. The first-order valence-corrected chi connectivity index (χ1v) is 8.59. The molecule has 0 aliphatic carbocycles. The van der Waals surface area contributed by atoms with Crippen molar-refractivity contribution in [1.29, 1.82) is 0 Å². The first-order chi connectivity index (χ1) is 9.29. The minimum Gasteiger partial charge on any atom is -0.383 e. The predicted octanol–water partition coefficient (Wildman–Crippen LogP) is 0.626. The molecule has 1 rings (SSSR count). The Morgan fingerprint density at radius 3 is 2.75 bits per heavy atom. The van der Waals surface area contributed by atoms with Crippen molar-refractivity contribution < 1.29 is 8.42 Å². The first-order valence-electron chi connectivity index (χ1n) is 6.19. The summed E-state index contributed by atoms with van der Waals surface area (Å²) in [4.78, 5) is 11.6. The molecule has 0 aliphatic heterocycles. The Morgan fingerprint density at radius 2 is 2.15 bits per heavy atom. The highest BCUT2D eigenvalue weighted by Gasteiger charge is 2.14. The van der Waals surface area contributed by atoms with Crippen molar-refractivity contribution in [3.63, 3.8) is 0 Å². The zero-order valence-corrected chi connectivity index (χ0v) is 14.2. The van der Waals surface area contributed by atoms with Crippen LogP contribution in [0, 0.1) is 0 Å². The summed E-state index contributed by atoms with van der Waals surface area (Å²) >= 11 is 3.21. The Balaban J connectivity index is 2.51. The van der Waals surface area contributed by atoms with E-state index >= 15 is 0 Å². The van der Waals surface area contributed by atoms with Crippen LogP contribution in [0.2, 0.25) is 0 Å². The van der Waals surface area contributed by atoms with Gasteiger partial charge in [-0.15, -0.1) is 0 Å². The first kappa shape index (κ1) is 17.1. The zero-order valence-electron chi connectivity index (χ0n) is 11.8. The molecule has 0 bridgehead atoms. The van der Waals surface area contributed by atoms with Gasteiger partial charge in [0, 0.05) is 27.2 Å². The summed E-state index contributed by atoms with van der Waals surface area (Å²) in [5.41, 5.74) is 0.384. The molecule has 9 heteroatoms. The summed E-state index contributed by atoms with van der Waals surface area (Å²) in [6, 6.07) is 0. The number of nitrogens with zero attached hydrogens (tertiary/aromatic N) is 3. The van der Waals surface area contributed by atoms with Crippen LogP contribution in [0.15, 0.2) is 15.5 Å². The number of hydrogen-bond donors (Lipinski definition) is 1. The molecule has 0 atom stereocenters. The Bertz CT molecular complexity index is 615. The molecule has 114 valence electrons. The molecule has 0 fully saturated rings. The highest BCUT2D eigenvalue weighted by Crippen LogP contribution is 2.15. The lowest BCUT2D eigenvalue weighted by molar-refractivity contribution is 0.466. The molecule has 20 heavy (non-hydrogen) atoms. The van der Waals surface area contributed by atoms with Crippen LogP contribution in [-0.4, -0.2) is 48.4 Å². The number of anilines is 1. The highest BCUT2D eigenvalue weighted by atomic mass is 79.9. The lowest BCUT2D eigenvalue weighted by Gasteiger charge is -2.16. The molecular weight excluding hydrogens is 348 g/mol. The van der Waals surface area contributed by atoms with E-state index in [0.29, 0.717) is 29.7 Å². The number of sulfonamides is 1. The lowest BCUT2D eigenvalue weighted by Crippen LogP contribution is -2.30. The molecule has 1 aromatic heterocycles. The van der Waals surface area contributed by atoms with Crippen LogP contribution >= 0.6 is 15.9 Å². The largest absolute Gasteiger partial charge is 0.383 e. The molecule has 0 amide bonds. The topological polar surface area (TPSA) is 84.3 Å². The fourth-order valence-corrected chi connectivity index (χ4v) is 2.87. The molecule has 0 radical (unpaired) electrons. The van der Waals surface area contributed by atoms with Crippen molar-refractivity contribution in [2.45, 2.75) is 13.3 Å². The molecule has 0 aromatic carbocycles. The second-order valence-electron chi connectivity index (χ2n) is 4.30. The van der Waals surface area contributed by atoms with E-state index in [9.17, 15) is 13.2 Å². The average Bonchev–Trinajstić information content (AvgIpc) is 2.42. The van der Waals surface area contributed by atoms with Crippen molar-refractivity contribution in [2.75, 3.05) is 31.2 Å². The number of aromatic nitrogens is 2. The summed E-state index contributed by atoms with van der Waals surface area (Å²) in [6.45, 7) is 2.60. The molecule has 0 saturated heterocycles. The monoisotopic (exact) mass is 366 g/mol. The van der Waals surface area contributed by atoms with E-state index < -0.39 is 10.0 Å². The molecule has 1 N–H and O–H groups in total. The van der Waals surface area contributed by atoms with E-state index in [0.717, 1.165) is 0 Å². The van der Waals surface area contributed by atoms with Gasteiger partial charge in [0.1, 0.15) is 4.47 Å². The quantitative estimate of drug-likeness (QED) is 0.715. The van der Waals surface area contributed by atoms with Crippen LogP contribution in [0.4, 0.5) is 5.69 Å². The molecule has 1 heterocycles. The Labute approximate surface area is 127 Å². The minimum absolute atomic E-state index is 0.0983. The zero-order chi connectivity index (χ0) is 15.3. The normalized spacial score (nSPS) is 11.8. The van der Waals surface area contributed by atoms with Crippen molar-refractivity contribution in [2.24, 2.45) is 7.05 Å². The van der Waals surface area contributed by atoms with Gasteiger partial charge in [0.2, 0.25) is 10.0 Å². The van der Waals surface area contributed by atoms with Gasteiger partial charge < -0.3 is 5.32 Å². The van der Waals surface area contributed by atoms with Crippen LogP contribution < -0.4 is 10.9 Å². The van der Waals surface area contributed by atoms with E-state index in [1.54, 1.807) is 27.2 Å². The fourth-order valence-electron chi connectivity index (χ4n) is 1.52. The highest BCUT2D eigenvalue weighted by molar-refractivity contribution is 9.10. The third kappa shape index (κ3) is 4.29. The summed E-state index contributed by atoms with van der Waals surface area (Å²) in [6.07, 6.45) is 2.19. The van der Waals surface area contributed by atoms with E-state index in [1.807, 2.05) is 0 Å². The SMILES string of the molecule is CCS(=O)(=O)N(C)CCCNc1cnn(C)c(=O)c1Br. The van der Waals surface area contributed by atoms with Crippen LogP contribution in [0.5, 0.6) is 0 Å². The maximum Gasteiger partial charge on any atom is 0.282 e. The summed E-state index contributed by atoms with van der Waals surface area (Å²) in [5, 5.41) is 6.97. The fraction of sp³-hybridized carbons (Fsp3) is 0.636. The summed E-state index contributed by atoms with van der Waals surface area (Å²) in [7, 11) is 0.00175. The number of hydrogen-bond acceptors (Lipinski definition) is 5. The van der Waals surface area contributed by atoms with Crippen LogP contribution in [0.1, 0.15) is 13.3 Å². The number of nitrogens with one attached hydrogen (secondary N) is 1. The van der Waals surface area contributed by atoms with Crippen molar-refractivity contribution in [1.82, 2.24) is 14.1 Å². The van der Waals surface area contributed by atoms with E-state index in [4.69, 9.17) is 0 Å². The maximum atomic E-state index is 11.6. The minimum atomic E-state index is -3.13. The molecular formula is C11H19BrN4O3S. The molecule has 1 aromatic rings. The molecule has 0 aliphatic rings. The Morgan fingerprint density at radius 1 is 1.50 bits per heavy atom. The second kappa shape index (κ2) is 7.19. The summed E-state index contributed by atoms with van der Waals surface area (Å²) < 4.78 is 26.1. The van der Waals surface area contributed by atoms with Gasteiger partial charge in [-0.2, -0.15) is 5.10 Å². The van der Waals surface area contributed by atoms with Gasteiger partial charge in [-0.3, -0.25) is 4.79 Å². The smallest absolute Gasteiger partial charge is 0.282 e. The van der Waals surface area contributed by atoms with Gasteiger partial charge in [0.25, 0.3) is 5.56 Å². The van der Waals surface area contributed by atoms with Crippen molar-refractivity contribution >= 4 is 31.6 Å². The van der Waals surface area contributed by atoms with E-state index in [-0.39, 0.29) is 11.3 Å². The van der Waals surface area contributed by atoms with Gasteiger partial charge >= 0.3 is 0 Å². The van der Waals surface area contributed by atoms with E-state index in [1.165, 1.54) is 8.99 Å². The van der Waals surface area contributed by atoms with Gasteiger partial charge in [0.05, 0.1) is 17.6 Å². The average molecular weight is 367 g/mol. The van der Waals surface area contributed by atoms with Gasteiger partial charge in [-0.25, -0.2) is 17.4 Å². The van der Waals surface area contributed by atoms with Crippen molar-refractivity contribution in [3.05, 3.63) is 21.0 Å². The molecule has 0 spiro atoms. The van der Waals surface area contributed by atoms with Gasteiger partial charge in [0.15, 0.2) is 0 Å². The second-order valence-corrected chi connectivity index (χ2v) is 7.46. The maximum absolute atomic E-state index is 11.6. The lowest BCUT2D eigenvalue weighted by atomic mass is 10.4. The number of aryl methyl sites for hydroxylation is 1. The number of rotatable bonds is 7. The standard InChI is InChI=1S/C11H19BrN4O3S/c1-4-20(18,19)15(2)7-5-6-13-9-8-14-16(3)11(17)10(9)12/h8,13H,4-7H2,1-3H3. The third-order valence-corrected chi connectivity index (χ3v) is 5.51. The van der Waals surface area contributed by atoms with Crippen molar-refractivity contribution in [3.8, 4) is 0 Å². The summed E-state index contributed by atoms with van der Waals surface area (Å²) in [5.74, 6) is 0.0983. The Hall–Kier alpha value is -0.930.